The largest absolute Gasteiger partial charge is 0.381 e. The number of halogens is 1. The van der Waals surface area contributed by atoms with Crippen molar-refractivity contribution in [2.45, 2.75) is 78.1 Å². The van der Waals surface area contributed by atoms with Gasteiger partial charge in [0.25, 0.3) is 0 Å². The summed E-state index contributed by atoms with van der Waals surface area (Å²) < 4.78 is 0. The summed E-state index contributed by atoms with van der Waals surface area (Å²) >= 11 is 5.90. The molecule has 5 N–H and O–H groups in total. The molecule has 0 aromatic carbocycles. The number of aliphatic hydroxyl groups is 1. The highest BCUT2D eigenvalue weighted by atomic mass is 35.5. The second-order valence-corrected chi connectivity index (χ2v) is 11.2. The van der Waals surface area contributed by atoms with E-state index in [1.807, 2.05) is 20.8 Å². The van der Waals surface area contributed by atoms with Crippen molar-refractivity contribution in [1.29, 1.82) is 0 Å². The number of primary amides is 1. The molecule has 0 radical (unpaired) electrons. The SMILES string of the molecule is CC1(C)C2CN(C(=O)[C@@H](NCl)C(C)(C)C)[C@H](C(=O)NC(CC3CC3)C(O)C(N)=O)C21. The zero-order valence-corrected chi connectivity index (χ0v) is 19.2. The van der Waals surface area contributed by atoms with Crippen molar-refractivity contribution in [3.63, 3.8) is 0 Å². The van der Waals surface area contributed by atoms with Crippen LogP contribution in [0.4, 0.5) is 0 Å². The minimum atomic E-state index is -1.45. The quantitative estimate of drug-likeness (QED) is 0.413. The van der Waals surface area contributed by atoms with E-state index >= 15 is 0 Å². The summed E-state index contributed by atoms with van der Waals surface area (Å²) in [6, 6.07) is -2.05. The van der Waals surface area contributed by atoms with E-state index in [2.05, 4.69) is 24.0 Å². The molecule has 6 atom stereocenters. The summed E-state index contributed by atoms with van der Waals surface area (Å²) in [5, 5.41) is 13.1. The van der Waals surface area contributed by atoms with Crippen molar-refractivity contribution in [2.24, 2.45) is 34.3 Å². The second kappa shape index (κ2) is 7.95. The van der Waals surface area contributed by atoms with E-state index in [4.69, 9.17) is 17.5 Å². The number of nitrogens with two attached hydrogens (primary N) is 1. The van der Waals surface area contributed by atoms with Gasteiger partial charge in [-0.1, -0.05) is 47.5 Å². The maximum absolute atomic E-state index is 13.4. The van der Waals surface area contributed by atoms with Gasteiger partial charge in [0.15, 0.2) is 6.10 Å². The molecule has 30 heavy (non-hydrogen) atoms. The molecule has 3 fully saturated rings. The molecule has 9 heteroatoms. The van der Waals surface area contributed by atoms with Crippen molar-refractivity contribution in [2.75, 3.05) is 6.54 Å². The minimum Gasteiger partial charge on any atom is -0.381 e. The number of fused-ring (bicyclic) bond motifs is 1. The van der Waals surface area contributed by atoms with Crippen molar-refractivity contribution in [3.8, 4) is 0 Å². The van der Waals surface area contributed by atoms with Crippen LogP contribution in [0, 0.1) is 28.6 Å². The second-order valence-electron chi connectivity index (χ2n) is 10.9. The maximum Gasteiger partial charge on any atom is 0.248 e. The molecule has 1 aliphatic heterocycles. The fourth-order valence-corrected chi connectivity index (χ4v) is 5.43. The molecule has 8 nitrogen and oxygen atoms in total. The summed E-state index contributed by atoms with van der Waals surface area (Å²) in [6.07, 6.45) is 1.08. The number of aliphatic hydroxyl groups excluding tert-OH is 1. The van der Waals surface area contributed by atoms with Gasteiger partial charge in [-0.05, 0) is 46.8 Å². The van der Waals surface area contributed by atoms with Crippen LogP contribution >= 0.6 is 11.8 Å². The molecule has 3 rings (SSSR count). The van der Waals surface area contributed by atoms with Crippen LogP contribution in [0.3, 0.4) is 0 Å². The van der Waals surface area contributed by atoms with Gasteiger partial charge in [0.1, 0.15) is 12.1 Å². The topological polar surface area (TPSA) is 125 Å². The Bertz CT molecular complexity index is 718. The van der Waals surface area contributed by atoms with E-state index in [1.54, 1.807) is 4.90 Å². The lowest BCUT2D eigenvalue weighted by Crippen LogP contribution is -2.59. The molecule has 0 spiro atoms. The highest BCUT2D eigenvalue weighted by molar-refractivity contribution is 6.15. The van der Waals surface area contributed by atoms with Gasteiger partial charge in [-0.2, -0.15) is 0 Å². The third-order valence-corrected chi connectivity index (χ3v) is 7.48. The molecule has 3 amide bonds. The van der Waals surface area contributed by atoms with E-state index < -0.39 is 35.6 Å². The number of hydrogen-bond acceptors (Lipinski definition) is 5. The third kappa shape index (κ3) is 4.32. The Morgan fingerprint density at radius 3 is 2.33 bits per heavy atom. The first kappa shape index (κ1) is 23.3. The van der Waals surface area contributed by atoms with Crippen LogP contribution < -0.4 is 15.9 Å². The van der Waals surface area contributed by atoms with E-state index in [0.29, 0.717) is 18.9 Å². The molecule has 0 aromatic rings. The van der Waals surface area contributed by atoms with E-state index in [1.165, 1.54) is 0 Å². The number of nitrogens with one attached hydrogen (secondary N) is 2. The van der Waals surface area contributed by atoms with Crippen molar-refractivity contribution in [3.05, 3.63) is 0 Å². The number of carbonyl (C=O) groups is 3. The lowest BCUT2D eigenvalue weighted by atomic mass is 9.86. The number of nitrogens with zero attached hydrogens (tertiary/aromatic N) is 1. The first-order chi connectivity index (χ1) is 13.8. The van der Waals surface area contributed by atoms with Crippen LogP contribution in [-0.2, 0) is 14.4 Å². The zero-order valence-electron chi connectivity index (χ0n) is 18.4. The molecule has 0 bridgehead atoms. The van der Waals surface area contributed by atoms with Crippen LogP contribution in [0.15, 0.2) is 0 Å². The Labute approximate surface area is 183 Å². The number of piperidine rings is 1. The van der Waals surface area contributed by atoms with Crippen molar-refractivity contribution in [1.82, 2.24) is 15.1 Å². The lowest BCUT2D eigenvalue weighted by Gasteiger charge is -2.37. The molecule has 1 heterocycles. The van der Waals surface area contributed by atoms with Gasteiger partial charge in [-0.25, -0.2) is 4.84 Å². The zero-order chi connectivity index (χ0) is 22.6. The van der Waals surface area contributed by atoms with E-state index in [0.717, 1.165) is 12.8 Å². The van der Waals surface area contributed by atoms with Gasteiger partial charge in [0.05, 0.1) is 6.04 Å². The van der Waals surface area contributed by atoms with Gasteiger partial charge in [-0.15, -0.1) is 0 Å². The van der Waals surface area contributed by atoms with Gasteiger partial charge >= 0.3 is 0 Å². The maximum atomic E-state index is 13.4. The lowest BCUT2D eigenvalue weighted by molar-refractivity contribution is -0.144. The predicted octanol–water partition coefficient (Wildman–Crippen LogP) is 0.759. The molecule has 2 saturated carbocycles. The molecule has 4 unspecified atom stereocenters. The average molecular weight is 443 g/mol. The van der Waals surface area contributed by atoms with Crippen LogP contribution in [0.5, 0.6) is 0 Å². The van der Waals surface area contributed by atoms with Crippen LogP contribution in [-0.4, -0.2) is 58.5 Å². The highest BCUT2D eigenvalue weighted by Crippen LogP contribution is 2.65. The summed E-state index contributed by atoms with van der Waals surface area (Å²) in [4.78, 5) is 42.4. The molecule has 3 aliphatic rings. The number of carbonyl (C=O) groups excluding carboxylic acids is 3. The summed E-state index contributed by atoms with van der Waals surface area (Å²) in [5.74, 6) is -0.768. The fourth-order valence-electron chi connectivity index (χ4n) is 5.01. The highest BCUT2D eigenvalue weighted by Gasteiger charge is 2.69. The average Bonchev–Trinajstić information content (AvgIpc) is 3.46. The van der Waals surface area contributed by atoms with Crippen LogP contribution in [0.1, 0.15) is 53.9 Å². The Kier molecular flexibility index (Phi) is 6.17. The molecule has 1 saturated heterocycles. The number of amides is 3. The van der Waals surface area contributed by atoms with Crippen molar-refractivity contribution < 1.29 is 19.5 Å². The standard InChI is InChI=1S/C21H35ClN4O4/c1-20(2,3)16(25-22)19(30)26-9-11-13(21(11,4)5)14(26)18(29)24-12(8-10-6-7-10)15(27)17(23)28/h10-16,25,27H,6-9H2,1-5H3,(H2,23,28)(H,24,29)/t11?,12?,13?,14-,15?,16+/m0/s1. The molecule has 170 valence electrons. The summed E-state index contributed by atoms with van der Waals surface area (Å²) in [6.45, 7) is 10.4. The Morgan fingerprint density at radius 1 is 1.27 bits per heavy atom. The molecular weight excluding hydrogens is 408 g/mol. The number of hydrogen-bond donors (Lipinski definition) is 4. The first-order valence-electron chi connectivity index (χ1n) is 10.7. The summed E-state index contributed by atoms with van der Waals surface area (Å²) in [7, 11) is 0. The van der Waals surface area contributed by atoms with E-state index in [9.17, 15) is 19.5 Å². The monoisotopic (exact) mass is 442 g/mol. The number of rotatable bonds is 8. The van der Waals surface area contributed by atoms with Crippen LogP contribution in [0.25, 0.3) is 0 Å². The first-order valence-corrected chi connectivity index (χ1v) is 11.1. The van der Waals surface area contributed by atoms with Gasteiger partial charge in [-0.3, -0.25) is 14.4 Å². The summed E-state index contributed by atoms with van der Waals surface area (Å²) in [5.41, 5.74) is 4.82. The normalized spacial score (nSPS) is 30.2. The third-order valence-electron chi connectivity index (χ3n) is 7.27. The molecular formula is C21H35ClN4O4. The van der Waals surface area contributed by atoms with Gasteiger partial charge in [0.2, 0.25) is 17.7 Å². The fraction of sp³-hybridized carbons (Fsp3) is 0.857. The van der Waals surface area contributed by atoms with Gasteiger partial charge < -0.3 is 21.1 Å². The minimum absolute atomic E-state index is 0.0321. The Balaban J connectivity index is 1.81. The van der Waals surface area contributed by atoms with Crippen molar-refractivity contribution >= 4 is 29.5 Å². The van der Waals surface area contributed by atoms with Crippen LogP contribution in [0.2, 0.25) is 0 Å². The Hall–Kier alpha value is -1.38. The molecule has 2 aliphatic carbocycles. The smallest absolute Gasteiger partial charge is 0.248 e. The molecule has 0 aromatic heterocycles. The van der Waals surface area contributed by atoms with Gasteiger partial charge in [0, 0.05) is 6.54 Å². The van der Waals surface area contributed by atoms with E-state index in [-0.39, 0.29) is 29.1 Å². The number of likely N-dealkylation sites (tertiary alicyclic amines) is 1. The predicted molar refractivity (Wildman–Crippen MR) is 113 cm³/mol. The Morgan fingerprint density at radius 2 is 1.87 bits per heavy atom.